The van der Waals surface area contributed by atoms with Crippen LogP contribution in [0.4, 0.5) is 5.82 Å². The lowest BCUT2D eigenvalue weighted by molar-refractivity contribution is 0.501. The minimum Gasteiger partial charge on any atom is -0.355 e. The highest BCUT2D eigenvalue weighted by Crippen LogP contribution is 2.30. The molecule has 3 aromatic rings. The number of fused-ring (bicyclic) bond motifs is 1. The molecule has 1 saturated heterocycles. The molecule has 4 rings (SSSR count). The predicted octanol–water partition coefficient (Wildman–Crippen LogP) is 3.19. The molecule has 0 N–H and O–H groups in total. The first-order valence-electron chi connectivity index (χ1n) is 8.47. The molecule has 3 heterocycles. The number of piperidine rings is 1. The van der Waals surface area contributed by atoms with Crippen LogP contribution < -0.4 is 4.90 Å². The van der Waals surface area contributed by atoms with Crippen LogP contribution in [0.15, 0.2) is 36.4 Å². The van der Waals surface area contributed by atoms with Gasteiger partial charge in [-0.15, -0.1) is 24.5 Å². The smallest absolute Gasteiger partial charge is 0.178 e. The van der Waals surface area contributed by atoms with Crippen molar-refractivity contribution in [2.45, 2.75) is 31.8 Å². The summed E-state index contributed by atoms with van der Waals surface area (Å²) in [7, 11) is 2.78. The summed E-state index contributed by atoms with van der Waals surface area (Å²) < 4.78 is 1.82. The highest BCUT2D eigenvalue weighted by molar-refractivity contribution is 7.15. The molecule has 1 fully saturated rings. The molecule has 1 atom stereocenters. The average molecular weight is 339 g/mol. The van der Waals surface area contributed by atoms with E-state index < -0.39 is 0 Å². The summed E-state index contributed by atoms with van der Waals surface area (Å²) in [5.74, 6) is 2.50. The summed E-state index contributed by atoms with van der Waals surface area (Å²) in [6.45, 7) is 4.01. The van der Waals surface area contributed by atoms with Crippen molar-refractivity contribution >= 4 is 20.7 Å². The fourth-order valence-corrected chi connectivity index (χ4v) is 3.70. The second-order valence-electron chi connectivity index (χ2n) is 6.42. The zero-order valence-corrected chi connectivity index (χ0v) is 15.0. The third-order valence-electron chi connectivity index (χ3n) is 4.91. The summed E-state index contributed by atoms with van der Waals surface area (Å²) in [6.07, 6.45) is 3.36. The molecular formula is C18H22N5P. The lowest BCUT2D eigenvalue weighted by Crippen LogP contribution is -2.33. The highest BCUT2D eigenvalue weighted by atomic mass is 31.0. The Labute approximate surface area is 144 Å². The minimum absolute atomic E-state index is 0.653. The molecule has 0 radical (unpaired) electrons. The average Bonchev–Trinajstić information content (AvgIpc) is 3.02. The van der Waals surface area contributed by atoms with Crippen molar-refractivity contribution in [1.29, 1.82) is 0 Å². The second kappa shape index (κ2) is 6.48. The molecule has 24 heavy (non-hydrogen) atoms. The molecule has 1 aliphatic heterocycles. The van der Waals surface area contributed by atoms with Gasteiger partial charge in [0.15, 0.2) is 11.5 Å². The number of anilines is 1. The molecule has 0 spiro atoms. The molecule has 5 nitrogen and oxygen atoms in total. The van der Waals surface area contributed by atoms with Crippen LogP contribution in [0.5, 0.6) is 0 Å². The zero-order valence-electron chi connectivity index (χ0n) is 13.9. The molecule has 6 heteroatoms. The van der Waals surface area contributed by atoms with Gasteiger partial charge < -0.3 is 4.90 Å². The summed E-state index contributed by atoms with van der Waals surface area (Å²) in [4.78, 5) is 2.37. The molecule has 0 aliphatic carbocycles. The van der Waals surface area contributed by atoms with Crippen LogP contribution in [0, 0.1) is 6.92 Å². The van der Waals surface area contributed by atoms with Gasteiger partial charge in [-0.3, -0.25) is 0 Å². The lowest BCUT2D eigenvalue weighted by Gasteiger charge is -2.33. The number of nitrogens with zero attached hydrogens (tertiary/aromatic N) is 5. The molecule has 0 saturated carbocycles. The Morgan fingerprint density at radius 1 is 1.04 bits per heavy atom. The number of benzene rings is 1. The van der Waals surface area contributed by atoms with Crippen LogP contribution in [0.1, 0.15) is 35.7 Å². The van der Waals surface area contributed by atoms with Crippen LogP contribution >= 0.6 is 9.24 Å². The van der Waals surface area contributed by atoms with Gasteiger partial charge in [-0.2, -0.15) is 4.52 Å². The van der Waals surface area contributed by atoms with Gasteiger partial charge >= 0.3 is 0 Å². The van der Waals surface area contributed by atoms with Gasteiger partial charge in [0.25, 0.3) is 0 Å². The predicted molar refractivity (Wildman–Crippen MR) is 99.6 cm³/mol. The van der Waals surface area contributed by atoms with E-state index in [4.69, 9.17) is 5.10 Å². The zero-order chi connectivity index (χ0) is 16.5. The van der Waals surface area contributed by atoms with Crippen molar-refractivity contribution in [1.82, 2.24) is 19.8 Å². The van der Waals surface area contributed by atoms with Crippen LogP contribution in [0.2, 0.25) is 0 Å². The van der Waals surface area contributed by atoms with E-state index in [0.717, 1.165) is 36.5 Å². The molecule has 1 aliphatic rings. The van der Waals surface area contributed by atoms with Crippen molar-refractivity contribution in [3.63, 3.8) is 0 Å². The van der Waals surface area contributed by atoms with Gasteiger partial charge in [0.2, 0.25) is 0 Å². The summed E-state index contributed by atoms with van der Waals surface area (Å²) >= 11 is 0. The first kappa shape index (κ1) is 15.5. The van der Waals surface area contributed by atoms with Crippen LogP contribution in [0.25, 0.3) is 5.65 Å². The van der Waals surface area contributed by atoms with E-state index in [2.05, 4.69) is 54.7 Å². The highest BCUT2D eigenvalue weighted by Gasteiger charge is 2.22. The van der Waals surface area contributed by atoms with Gasteiger partial charge in [0.1, 0.15) is 5.82 Å². The SMILES string of the molecule is Cc1nnc2ccc(N3CCC(c4ccc(CP)cc4)CC3)nn12. The lowest BCUT2D eigenvalue weighted by atomic mass is 9.89. The van der Waals surface area contributed by atoms with Gasteiger partial charge in [0.05, 0.1) is 0 Å². The van der Waals surface area contributed by atoms with Crippen molar-refractivity contribution in [2.24, 2.45) is 0 Å². The minimum atomic E-state index is 0.653. The van der Waals surface area contributed by atoms with E-state index in [9.17, 15) is 0 Å². The van der Waals surface area contributed by atoms with Crippen LogP contribution in [0.3, 0.4) is 0 Å². The molecular weight excluding hydrogens is 317 g/mol. The summed E-state index contributed by atoms with van der Waals surface area (Å²) in [6, 6.07) is 13.1. The maximum atomic E-state index is 4.69. The molecule has 124 valence electrons. The molecule has 0 bridgehead atoms. The fraction of sp³-hybridized carbons (Fsp3) is 0.389. The summed E-state index contributed by atoms with van der Waals surface area (Å²) in [5.41, 5.74) is 3.65. The Bertz CT molecular complexity index is 834. The fourth-order valence-electron chi connectivity index (χ4n) is 3.42. The van der Waals surface area contributed by atoms with E-state index in [-0.39, 0.29) is 0 Å². The number of hydrogen-bond donors (Lipinski definition) is 0. The molecule has 1 unspecified atom stereocenters. The van der Waals surface area contributed by atoms with Gasteiger partial charge in [-0.25, -0.2) is 0 Å². The van der Waals surface area contributed by atoms with Crippen LogP contribution in [-0.4, -0.2) is 32.9 Å². The standard InChI is InChI=1S/C18H22N5P/c1-13-19-20-17-6-7-18(21-23(13)17)22-10-8-16(9-11-22)15-4-2-14(12-24)3-5-15/h2-7,16H,8-12,24H2,1H3. The third kappa shape index (κ3) is 2.89. The normalized spacial score (nSPS) is 16.0. The monoisotopic (exact) mass is 339 g/mol. The first-order valence-corrected chi connectivity index (χ1v) is 9.29. The van der Waals surface area contributed by atoms with E-state index in [0.29, 0.717) is 5.92 Å². The number of rotatable bonds is 3. The molecule has 2 aromatic heterocycles. The van der Waals surface area contributed by atoms with Crippen molar-refractivity contribution in [2.75, 3.05) is 18.0 Å². The van der Waals surface area contributed by atoms with Gasteiger partial charge in [-0.1, -0.05) is 24.3 Å². The second-order valence-corrected chi connectivity index (χ2v) is 6.82. The largest absolute Gasteiger partial charge is 0.355 e. The van der Waals surface area contributed by atoms with E-state index in [1.165, 1.54) is 24.0 Å². The molecule has 1 aromatic carbocycles. The maximum absolute atomic E-state index is 4.69. The van der Waals surface area contributed by atoms with Crippen molar-refractivity contribution in [3.05, 3.63) is 53.3 Å². The van der Waals surface area contributed by atoms with Crippen molar-refractivity contribution < 1.29 is 0 Å². The van der Waals surface area contributed by atoms with Crippen LogP contribution in [-0.2, 0) is 6.16 Å². The van der Waals surface area contributed by atoms with Gasteiger partial charge in [-0.05, 0) is 55.1 Å². The third-order valence-corrected chi connectivity index (χ3v) is 5.38. The van der Waals surface area contributed by atoms with Crippen molar-refractivity contribution in [3.8, 4) is 0 Å². The topological polar surface area (TPSA) is 46.3 Å². The Hall–Kier alpha value is -2.00. The Morgan fingerprint density at radius 2 is 1.79 bits per heavy atom. The van der Waals surface area contributed by atoms with E-state index in [1.54, 1.807) is 0 Å². The van der Waals surface area contributed by atoms with Gasteiger partial charge in [0, 0.05) is 13.1 Å². The quantitative estimate of drug-likeness (QED) is 0.688. The van der Waals surface area contributed by atoms with E-state index in [1.807, 2.05) is 17.5 Å². The number of aryl methyl sites for hydroxylation is 1. The Balaban J connectivity index is 1.47. The van der Waals surface area contributed by atoms with E-state index >= 15 is 0 Å². The summed E-state index contributed by atoms with van der Waals surface area (Å²) in [5, 5.41) is 12.9. The number of aromatic nitrogens is 4. The Kier molecular flexibility index (Phi) is 4.19. The molecule has 0 amide bonds. The Morgan fingerprint density at radius 3 is 2.50 bits per heavy atom. The number of hydrogen-bond acceptors (Lipinski definition) is 4. The maximum Gasteiger partial charge on any atom is 0.178 e. The first-order chi connectivity index (χ1) is 11.7.